The third-order valence-corrected chi connectivity index (χ3v) is 3.66. The van der Waals surface area contributed by atoms with E-state index in [1.54, 1.807) is 4.90 Å². The number of carbonyl (C=O) groups is 1. The highest BCUT2D eigenvalue weighted by atomic mass is 16.2. The molecule has 4 nitrogen and oxygen atoms in total. The van der Waals surface area contributed by atoms with Crippen LogP contribution in [0.2, 0.25) is 0 Å². The number of carbonyl (C=O) groups excluding carboxylic acids is 1. The van der Waals surface area contributed by atoms with Gasteiger partial charge >= 0.3 is 6.03 Å². The van der Waals surface area contributed by atoms with Gasteiger partial charge in [0.25, 0.3) is 0 Å². The third kappa shape index (κ3) is 3.96. The molecule has 2 N–H and O–H groups in total. The summed E-state index contributed by atoms with van der Waals surface area (Å²) in [7, 11) is 0. The van der Waals surface area contributed by atoms with Gasteiger partial charge in [-0.15, -0.1) is 0 Å². The molecular formula is C15H24N3O+. The summed E-state index contributed by atoms with van der Waals surface area (Å²) in [6.07, 6.45) is 1.21. The average molecular weight is 262 g/mol. The number of urea groups is 1. The Morgan fingerprint density at radius 3 is 2.47 bits per heavy atom. The molecule has 4 heteroatoms. The zero-order chi connectivity index (χ0) is 13.7. The van der Waals surface area contributed by atoms with Crippen molar-refractivity contribution in [2.75, 3.05) is 38.0 Å². The number of benzene rings is 1. The fourth-order valence-corrected chi connectivity index (χ4v) is 2.47. The van der Waals surface area contributed by atoms with E-state index < -0.39 is 0 Å². The van der Waals surface area contributed by atoms with Crippen molar-refractivity contribution in [2.45, 2.75) is 20.3 Å². The largest absolute Gasteiger partial charge is 0.332 e. The molecule has 1 heterocycles. The maximum Gasteiger partial charge on any atom is 0.322 e. The van der Waals surface area contributed by atoms with Gasteiger partial charge in [0.1, 0.15) is 0 Å². The second-order valence-electron chi connectivity index (χ2n) is 5.28. The Kier molecular flexibility index (Phi) is 4.80. The van der Waals surface area contributed by atoms with E-state index in [1.807, 2.05) is 36.1 Å². The number of hydrogen-bond acceptors (Lipinski definition) is 1. The van der Waals surface area contributed by atoms with Crippen LogP contribution in [-0.4, -0.2) is 43.7 Å². The van der Waals surface area contributed by atoms with Crippen LogP contribution in [0.1, 0.15) is 18.9 Å². The zero-order valence-electron chi connectivity index (χ0n) is 11.9. The maximum atomic E-state index is 12.1. The first kappa shape index (κ1) is 13.9. The van der Waals surface area contributed by atoms with Crippen LogP contribution >= 0.6 is 0 Å². The van der Waals surface area contributed by atoms with Gasteiger partial charge in [-0.25, -0.2) is 4.79 Å². The predicted octanol–water partition coefficient (Wildman–Crippen LogP) is 1.14. The molecule has 2 rings (SSSR count). The number of quaternary nitrogens is 1. The van der Waals surface area contributed by atoms with Crippen molar-refractivity contribution in [1.82, 2.24) is 4.90 Å². The van der Waals surface area contributed by atoms with Crippen LogP contribution in [-0.2, 0) is 0 Å². The molecule has 1 saturated heterocycles. The quantitative estimate of drug-likeness (QED) is 0.842. The molecule has 0 aromatic heterocycles. The molecule has 1 aliphatic heterocycles. The number of aryl methyl sites for hydroxylation is 1. The standard InChI is InChI=1S/C15H23N3O/c1-3-8-17-9-11-18(12-10-17)15(19)16-14-6-4-13(2)5-7-14/h4-7H,3,8-12H2,1-2H3,(H,16,19)/p+1. The summed E-state index contributed by atoms with van der Waals surface area (Å²) in [4.78, 5) is 15.7. The van der Waals surface area contributed by atoms with Crippen LogP contribution in [0.3, 0.4) is 0 Å². The number of nitrogens with one attached hydrogen (secondary N) is 2. The molecule has 19 heavy (non-hydrogen) atoms. The fourth-order valence-electron chi connectivity index (χ4n) is 2.47. The van der Waals surface area contributed by atoms with E-state index in [0.717, 1.165) is 31.9 Å². The van der Waals surface area contributed by atoms with Crippen LogP contribution in [0.25, 0.3) is 0 Å². The lowest BCUT2D eigenvalue weighted by Gasteiger charge is -2.32. The maximum absolute atomic E-state index is 12.1. The van der Waals surface area contributed by atoms with Crippen molar-refractivity contribution in [1.29, 1.82) is 0 Å². The molecule has 0 spiro atoms. The molecule has 0 unspecified atom stereocenters. The van der Waals surface area contributed by atoms with Crippen molar-refractivity contribution >= 4 is 11.7 Å². The fraction of sp³-hybridized carbons (Fsp3) is 0.533. The summed E-state index contributed by atoms with van der Waals surface area (Å²) in [6.45, 7) is 9.31. The Morgan fingerprint density at radius 1 is 1.26 bits per heavy atom. The molecule has 0 bridgehead atoms. The monoisotopic (exact) mass is 262 g/mol. The van der Waals surface area contributed by atoms with Gasteiger partial charge in [-0.05, 0) is 25.5 Å². The van der Waals surface area contributed by atoms with Crippen molar-refractivity contribution in [2.24, 2.45) is 0 Å². The number of amides is 2. The van der Waals surface area contributed by atoms with Gasteiger partial charge in [0.05, 0.1) is 32.7 Å². The summed E-state index contributed by atoms with van der Waals surface area (Å²) in [5, 5.41) is 2.96. The summed E-state index contributed by atoms with van der Waals surface area (Å²) < 4.78 is 0. The summed E-state index contributed by atoms with van der Waals surface area (Å²) in [6, 6.07) is 7.95. The number of piperazine rings is 1. The lowest BCUT2D eigenvalue weighted by atomic mass is 10.2. The highest BCUT2D eigenvalue weighted by molar-refractivity contribution is 5.89. The molecule has 0 aliphatic carbocycles. The second-order valence-corrected chi connectivity index (χ2v) is 5.28. The van der Waals surface area contributed by atoms with E-state index >= 15 is 0 Å². The van der Waals surface area contributed by atoms with Crippen molar-refractivity contribution in [3.05, 3.63) is 29.8 Å². The van der Waals surface area contributed by atoms with Gasteiger partial charge in [0.15, 0.2) is 0 Å². The van der Waals surface area contributed by atoms with Crippen LogP contribution in [0.4, 0.5) is 10.5 Å². The second kappa shape index (κ2) is 6.57. The van der Waals surface area contributed by atoms with E-state index in [-0.39, 0.29) is 6.03 Å². The molecule has 1 fully saturated rings. The molecule has 0 atom stereocenters. The van der Waals surface area contributed by atoms with Gasteiger partial charge in [0, 0.05) is 5.69 Å². The first-order chi connectivity index (χ1) is 9.19. The Hall–Kier alpha value is -1.55. The van der Waals surface area contributed by atoms with E-state index in [0.29, 0.717) is 0 Å². The number of nitrogens with zero attached hydrogens (tertiary/aromatic N) is 1. The molecule has 0 saturated carbocycles. The summed E-state index contributed by atoms with van der Waals surface area (Å²) >= 11 is 0. The SMILES string of the molecule is CCC[NH+]1CCN(C(=O)Nc2ccc(C)cc2)CC1. The lowest BCUT2D eigenvalue weighted by Crippen LogP contribution is -3.14. The smallest absolute Gasteiger partial charge is 0.322 e. The lowest BCUT2D eigenvalue weighted by molar-refractivity contribution is -0.904. The van der Waals surface area contributed by atoms with Crippen molar-refractivity contribution in [3.63, 3.8) is 0 Å². The topological polar surface area (TPSA) is 36.8 Å². The van der Waals surface area contributed by atoms with Crippen LogP contribution in [0, 0.1) is 6.92 Å². The van der Waals surface area contributed by atoms with Crippen LogP contribution < -0.4 is 10.2 Å². The van der Waals surface area contributed by atoms with Crippen molar-refractivity contribution < 1.29 is 9.69 Å². The molecule has 1 aliphatic rings. The van der Waals surface area contributed by atoms with E-state index in [1.165, 1.54) is 18.5 Å². The van der Waals surface area contributed by atoms with Crippen molar-refractivity contribution in [3.8, 4) is 0 Å². The number of anilines is 1. The minimum absolute atomic E-state index is 0.0272. The summed E-state index contributed by atoms with van der Waals surface area (Å²) in [5.74, 6) is 0. The minimum atomic E-state index is 0.0272. The van der Waals surface area contributed by atoms with Gasteiger partial charge in [0.2, 0.25) is 0 Å². The molecule has 0 radical (unpaired) electrons. The van der Waals surface area contributed by atoms with E-state index in [4.69, 9.17) is 0 Å². The Balaban J connectivity index is 1.83. The first-order valence-corrected chi connectivity index (χ1v) is 7.15. The Morgan fingerprint density at radius 2 is 1.89 bits per heavy atom. The normalized spacial score (nSPS) is 16.4. The Bertz CT molecular complexity index is 408. The predicted molar refractivity (Wildman–Crippen MR) is 77.6 cm³/mol. The molecule has 1 aromatic rings. The van der Waals surface area contributed by atoms with Crippen LogP contribution in [0.5, 0.6) is 0 Å². The highest BCUT2D eigenvalue weighted by Gasteiger charge is 2.22. The first-order valence-electron chi connectivity index (χ1n) is 7.15. The molecule has 104 valence electrons. The van der Waals surface area contributed by atoms with Gasteiger partial charge < -0.3 is 15.1 Å². The van der Waals surface area contributed by atoms with E-state index in [9.17, 15) is 4.79 Å². The summed E-state index contributed by atoms with van der Waals surface area (Å²) in [5.41, 5.74) is 2.08. The van der Waals surface area contributed by atoms with Gasteiger partial charge in [-0.3, -0.25) is 0 Å². The minimum Gasteiger partial charge on any atom is -0.332 e. The molecule has 2 amide bonds. The molecular weight excluding hydrogens is 238 g/mol. The highest BCUT2D eigenvalue weighted by Crippen LogP contribution is 2.09. The average Bonchev–Trinajstić information content (AvgIpc) is 2.42. The van der Waals surface area contributed by atoms with Gasteiger partial charge in [-0.2, -0.15) is 0 Å². The third-order valence-electron chi connectivity index (χ3n) is 3.66. The van der Waals surface area contributed by atoms with Gasteiger partial charge in [-0.1, -0.05) is 24.6 Å². The number of rotatable bonds is 3. The molecule has 1 aromatic carbocycles. The zero-order valence-corrected chi connectivity index (χ0v) is 11.9. The van der Waals surface area contributed by atoms with E-state index in [2.05, 4.69) is 12.2 Å². The number of hydrogen-bond donors (Lipinski definition) is 2. The Labute approximate surface area is 115 Å². The van der Waals surface area contributed by atoms with Crippen LogP contribution in [0.15, 0.2) is 24.3 Å².